The minimum Gasteiger partial charge on any atom is -0.460 e. The third-order valence-corrected chi connectivity index (χ3v) is 3.62. The molecule has 0 aliphatic carbocycles. The fraction of sp³-hybridized carbons (Fsp3) is 0.125. The molecule has 4 rings (SSSR count). The SMILES string of the molecule is Cc1ccc(/C=N/Nc2nnc3c4ccccc4n(C)c3n2)o1. The summed E-state index contributed by atoms with van der Waals surface area (Å²) in [6.45, 7) is 1.88. The Balaban J connectivity index is 1.67. The molecule has 3 aromatic heterocycles. The second-order valence-electron chi connectivity index (χ2n) is 5.20. The summed E-state index contributed by atoms with van der Waals surface area (Å²) in [4.78, 5) is 4.48. The van der Waals surface area contributed by atoms with Gasteiger partial charge in [-0.25, -0.2) is 5.43 Å². The molecule has 0 saturated heterocycles. The van der Waals surface area contributed by atoms with E-state index in [4.69, 9.17) is 4.42 Å². The molecule has 0 atom stereocenters. The molecule has 1 aromatic carbocycles. The maximum Gasteiger partial charge on any atom is 0.265 e. The number of furan rings is 1. The van der Waals surface area contributed by atoms with Crippen LogP contribution in [-0.2, 0) is 7.05 Å². The molecule has 7 heteroatoms. The molecular formula is C16H14N6O. The number of hydrogen-bond acceptors (Lipinski definition) is 6. The summed E-state index contributed by atoms with van der Waals surface area (Å²) in [5.41, 5.74) is 5.38. The Hall–Kier alpha value is -3.22. The van der Waals surface area contributed by atoms with Crippen molar-refractivity contribution in [1.29, 1.82) is 0 Å². The van der Waals surface area contributed by atoms with Crippen molar-refractivity contribution in [3.8, 4) is 0 Å². The molecule has 0 aliphatic heterocycles. The summed E-state index contributed by atoms with van der Waals surface area (Å²) < 4.78 is 7.39. The molecule has 0 amide bonds. The predicted octanol–water partition coefficient (Wildman–Crippen LogP) is 2.86. The Morgan fingerprint density at radius 1 is 1.17 bits per heavy atom. The molecule has 7 nitrogen and oxygen atoms in total. The number of benzene rings is 1. The van der Waals surface area contributed by atoms with Crippen LogP contribution < -0.4 is 5.43 Å². The fourth-order valence-electron chi connectivity index (χ4n) is 2.53. The number of hydrazone groups is 1. The van der Waals surface area contributed by atoms with E-state index in [0.717, 1.165) is 27.8 Å². The maximum atomic E-state index is 5.40. The molecule has 0 radical (unpaired) electrons. The second kappa shape index (κ2) is 5.20. The number of fused-ring (bicyclic) bond motifs is 3. The molecule has 0 unspecified atom stereocenters. The van der Waals surface area contributed by atoms with Crippen LogP contribution in [0.4, 0.5) is 5.95 Å². The van der Waals surface area contributed by atoms with E-state index >= 15 is 0 Å². The van der Waals surface area contributed by atoms with Gasteiger partial charge in [-0.1, -0.05) is 18.2 Å². The van der Waals surface area contributed by atoms with Crippen molar-refractivity contribution in [2.45, 2.75) is 6.92 Å². The summed E-state index contributed by atoms with van der Waals surface area (Å²) in [5, 5.41) is 13.4. The van der Waals surface area contributed by atoms with Crippen LogP contribution >= 0.6 is 0 Å². The summed E-state index contributed by atoms with van der Waals surface area (Å²) in [6.07, 6.45) is 1.57. The minimum atomic E-state index is 0.336. The van der Waals surface area contributed by atoms with E-state index in [1.807, 2.05) is 54.9 Å². The normalized spacial score (nSPS) is 11.7. The quantitative estimate of drug-likeness (QED) is 0.465. The van der Waals surface area contributed by atoms with Gasteiger partial charge in [0.15, 0.2) is 5.65 Å². The number of aryl methyl sites for hydroxylation is 2. The zero-order valence-electron chi connectivity index (χ0n) is 12.7. The molecule has 4 aromatic rings. The van der Waals surface area contributed by atoms with E-state index in [1.54, 1.807) is 6.21 Å². The van der Waals surface area contributed by atoms with Gasteiger partial charge in [0.2, 0.25) is 0 Å². The largest absolute Gasteiger partial charge is 0.460 e. The van der Waals surface area contributed by atoms with Crippen molar-refractivity contribution in [2.24, 2.45) is 12.1 Å². The molecule has 0 aliphatic rings. The molecule has 0 fully saturated rings. The van der Waals surface area contributed by atoms with E-state index in [9.17, 15) is 0 Å². The van der Waals surface area contributed by atoms with E-state index < -0.39 is 0 Å². The lowest BCUT2D eigenvalue weighted by atomic mass is 10.2. The van der Waals surface area contributed by atoms with Crippen molar-refractivity contribution in [3.05, 3.63) is 47.9 Å². The van der Waals surface area contributed by atoms with Gasteiger partial charge in [-0.2, -0.15) is 10.1 Å². The van der Waals surface area contributed by atoms with Gasteiger partial charge in [0, 0.05) is 12.4 Å². The highest BCUT2D eigenvalue weighted by molar-refractivity contribution is 6.04. The lowest BCUT2D eigenvalue weighted by molar-refractivity contribution is 0.528. The number of anilines is 1. The van der Waals surface area contributed by atoms with E-state index in [2.05, 4.69) is 25.7 Å². The Morgan fingerprint density at radius 3 is 2.87 bits per heavy atom. The van der Waals surface area contributed by atoms with Crippen LogP contribution in [0.2, 0.25) is 0 Å². The monoisotopic (exact) mass is 306 g/mol. The second-order valence-corrected chi connectivity index (χ2v) is 5.20. The van der Waals surface area contributed by atoms with Gasteiger partial charge in [0.25, 0.3) is 5.95 Å². The van der Waals surface area contributed by atoms with Gasteiger partial charge >= 0.3 is 0 Å². The van der Waals surface area contributed by atoms with Crippen LogP contribution in [0.5, 0.6) is 0 Å². The fourth-order valence-corrected chi connectivity index (χ4v) is 2.53. The number of nitrogens with one attached hydrogen (secondary N) is 1. The average molecular weight is 306 g/mol. The minimum absolute atomic E-state index is 0.336. The number of hydrogen-bond donors (Lipinski definition) is 1. The predicted molar refractivity (Wildman–Crippen MR) is 88.5 cm³/mol. The molecule has 0 bridgehead atoms. The van der Waals surface area contributed by atoms with Crippen molar-refractivity contribution in [1.82, 2.24) is 19.7 Å². The number of para-hydroxylation sites is 1. The summed E-state index contributed by atoms with van der Waals surface area (Å²) >= 11 is 0. The standard InChI is InChI=1S/C16H14N6O/c1-10-7-8-11(23-10)9-17-20-16-18-15-14(19-21-16)12-5-3-4-6-13(12)22(15)2/h3-9H,1-2H3,(H,18,20,21)/b17-9+. The van der Waals surface area contributed by atoms with Crippen molar-refractivity contribution < 1.29 is 4.42 Å². The Labute approximate surface area is 131 Å². The van der Waals surface area contributed by atoms with Gasteiger partial charge in [-0.05, 0) is 25.1 Å². The Morgan fingerprint density at radius 2 is 2.04 bits per heavy atom. The third kappa shape index (κ3) is 2.32. The first kappa shape index (κ1) is 13.4. The summed E-state index contributed by atoms with van der Waals surface area (Å²) in [7, 11) is 1.96. The highest BCUT2D eigenvalue weighted by Crippen LogP contribution is 2.24. The van der Waals surface area contributed by atoms with Gasteiger partial charge in [-0.15, -0.1) is 10.2 Å². The maximum absolute atomic E-state index is 5.40. The lowest BCUT2D eigenvalue weighted by Crippen LogP contribution is -2.00. The molecular weight excluding hydrogens is 292 g/mol. The van der Waals surface area contributed by atoms with Crippen molar-refractivity contribution in [2.75, 3.05) is 5.43 Å². The zero-order valence-corrected chi connectivity index (χ0v) is 12.7. The first-order valence-corrected chi connectivity index (χ1v) is 7.16. The van der Waals surface area contributed by atoms with Gasteiger partial charge in [0.1, 0.15) is 17.0 Å². The van der Waals surface area contributed by atoms with Crippen molar-refractivity contribution >= 4 is 34.2 Å². The first-order chi connectivity index (χ1) is 11.2. The first-order valence-electron chi connectivity index (χ1n) is 7.16. The van der Waals surface area contributed by atoms with Crippen LogP contribution in [-0.4, -0.2) is 26.0 Å². The van der Waals surface area contributed by atoms with E-state index in [1.165, 1.54) is 0 Å². The Kier molecular flexibility index (Phi) is 3.04. The summed E-state index contributed by atoms with van der Waals surface area (Å²) in [6, 6.07) is 11.7. The molecule has 0 saturated carbocycles. The number of rotatable bonds is 3. The van der Waals surface area contributed by atoms with Gasteiger partial charge < -0.3 is 8.98 Å². The zero-order chi connectivity index (χ0) is 15.8. The molecule has 1 N–H and O–H groups in total. The van der Waals surface area contributed by atoms with E-state index in [-0.39, 0.29) is 0 Å². The van der Waals surface area contributed by atoms with Crippen LogP contribution in [0.3, 0.4) is 0 Å². The van der Waals surface area contributed by atoms with Crippen LogP contribution in [0.15, 0.2) is 45.9 Å². The highest BCUT2D eigenvalue weighted by atomic mass is 16.3. The summed E-state index contributed by atoms with van der Waals surface area (Å²) in [5.74, 6) is 1.83. The van der Waals surface area contributed by atoms with Gasteiger partial charge in [-0.3, -0.25) is 0 Å². The molecule has 114 valence electrons. The third-order valence-electron chi connectivity index (χ3n) is 3.62. The lowest BCUT2D eigenvalue weighted by Gasteiger charge is -1.99. The van der Waals surface area contributed by atoms with Crippen LogP contribution in [0.25, 0.3) is 22.1 Å². The molecule has 3 heterocycles. The van der Waals surface area contributed by atoms with Crippen LogP contribution in [0, 0.1) is 6.92 Å². The Bertz CT molecular complexity index is 1030. The van der Waals surface area contributed by atoms with Crippen LogP contribution in [0.1, 0.15) is 11.5 Å². The topological polar surface area (TPSA) is 81.1 Å². The molecule has 0 spiro atoms. The number of nitrogens with zero attached hydrogens (tertiary/aromatic N) is 5. The van der Waals surface area contributed by atoms with E-state index in [0.29, 0.717) is 11.7 Å². The van der Waals surface area contributed by atoms with Crippen molar-refractivity contribution in [3.63, 3.8) is 0 Å². The average Bonchev–Trinajstić information content (AvgIpc) is 3.10. The molecule has 23 heavy (non-hydrogen) atoms. The highest BCUT2D eigenvalue weighted by Gasteiger charge is 2.11. The smallest absolute Gasteiger partial charge is 0.265 e. The number of aromatic nitrogens is 4. The van der Waals surface area contributed by atoms with Gasteiger partial charge in [0.05, 0.1) is 11.7 Å².